The van der Waals surface area contributed by atoms with E-state index >= 15 is 4.39 Å². The molecule has 0 spiro atoms. The summed E-state index contributed by atoms with van der Waals surface area (Å²) in [6, 6.07) is 10.2. The van der Waals surface area contributed by atoms with Crippen molar-refractivity contribution in [3.05, 3.63) is 103 Å². The third-order valence-electron chi connectivity index (χ3n) is 5.81. The lowest BCUT2D eigenvalue weighted by Gasteiger charge is -2.49. The van der Waals surface area contributed by atoms with Gasteiger partial charge in [0.2, 0.25) is 0 Å². The van der Waals surface area contributed by atoms with Crippen LogP contribution in [0.5, 0.6) is 0 Å². The molecule has 0 aliphatic heterocycles. The van der Waals surface area contributed by atoms with E-state index in [0.717, 1.165) is 0 Å². The monoisotopic (exact) mass is 408 g/mol. The molecule has 27 heavy (non-hydrogen) atoms. The molecule has 3 aliphatic carbocycles. The molecule has 3 aliphatic rings. The van der Waals surface area contributed by atoms with Crippen molar-refractivity contribution < 1.29 is 17.6 Å². The van der Waals surface area contributed by atoms with Crippen molar-refractivity contribution >= 4 is 23.2 Å². The molecular weight excluding hydrogens is 399 g/mol. The van der Waals surface area contributed by atoms with Gasteiger partial charge in [0.1, 0.15) is 0 Å². The summed E-state index contributed by atoms with van der Waals surface area (Å²) in [5, 5.41) is 0.668. The summed E-state index contributed by atoms with van der Waals surface area (Å²) in [6.45, 7) is 1.62. The van der Waals surface area contributed by atoms with E-state index in [1.807, 2.05) is 0 Å². The molecule has 0 atom stereocenters. The first kappa shape index (κ1) is 17.1. The van der Waals surface area contributed by atoms with Gasteiger partial charge in [-0.3, -0.25) is 0 Å². The van der Waals surface area contributed by atoms with E-state index in [2.05, 4.69) is 0 Å². The second-order valence-electron chi connectivity index (χ2n) is 7.01. The van der Waals surface area contributed by atoms with Crippen LogP contribution >= 0.6 is 23.2 Å². The quantitative estimate of drug-likeness (QED) is 0.220. The SMILES string of the molecule is CC12c3c(Cl)cccc3C(c3cccc(Cl)c31)c1c(F)c(F)c(F)c(F)c12. The highest BCUT2D eigenvalue weighted by Gasteiger charge is 2.54. The summed E-state index contributed by atoms with van der Waals surface area (Å²) in [5.74, 6) is -7.26. The van der Waals surface area contributed by atoms with Crippen LogP contribution in [-0.4, -0.2) is 0 Å². The van der Waals surface area contributed by atoms with Crippen molar-refractivity contribution in [2.45, 2.75) is 18.3 Å². The van der Waals surface area contributed by atoms with E-state index in [9.17, 15) is 13.2 Å². The average molecular weight is 409 g/mol. The number of halogens is 6. The predicted molar refractivity (Wildman–Crippen MR) is 95.7 cm³/mol. The zero-order valence-electron chi connectivity index (χ0n) is 13.8. The van der Waals surface area contributed by atoms with Crippen molar-refractivity contribution in [2.24, 2.45) is 0 Å². The molecule has 0 fully saturated rings. The van der Waals surface area contributed by atoms with Crippen LogP contribution < -0.4 is 0 Å². The van der Waals surface area contributed by atoms with E-state index in [1.54, 1.807) is 43.3 Å². The molecular formula is C21H10Cl2F4. The van der Waals surface area contributed by atoms with E-state index in [4.69, 9.17) is 23.2 Å². The lowest BCUT2D eigenvalue weighted by Crippen LogP contribution is -2.42. The fraction of sp³-hybridized carbons (Fsp3) is 0.143. The Morgan fingerprint density at radius 2 is 1.19 bits per heavy atom. The van der Waals surface area contributed by atoms with E-state index < -0.39 is 34.6 Å². The molecule has 0 nitrogen and oxygen atoms in total. The van der Waals surface area contributed by atoms with Gasteiger partial charge in [-0.2, -0.15) is 0 Å². The fourth-order valence-corrected chi connectivity index (χ4v) is 5.62. The van der Waals surface area contributed by atoms with Crippen LogP contribution in [0.3, 0.4) is 0 Å². The van der Waals surface area contributed by atoms with Gasteiger partial charge in [-0.15, -0.1) is 0 Å². The van der Waals surface area contributed by atoms with Crippen LogP contribution in [0.25, 0.3) is 0 Å². The van der Waals surface area contributed by atoms with Gasteiger partial charge in [0.25, 0.3) is 0 Å². The molecule has 2 bridgehead atoms. The van der Waals surface area contributed by atoms with Crippen LogP contribution in [0.15, 0.2) is 36.4 Å². The standard InChI is InChI=1S/C21H10Cl2F4/c1-21-14-8(4-2-6-10(14)22)12(9-5-3-7-11(23)15(9)21)13-16(21)18(25)20(27)19(26)17(13)24/h2-7,12H,1H3. The first-order chi connectivity index (χ1) is 12.8. The van der Waals surface area contributed by atoms with E-state index in [-0.39, 0.29) is 11.1 Å². The Bertz CT molecular complexity index is 1120. The first-order valence-corrected chi connectivity index (χ1v) is 8.99. The van der Waals surface area contributed by atoms with Gasteiger partial charge in [-0.1, -0.05) is 47.5 Å². The predicted octanol–water partition coefficient (Wildman–Crippen LogP) is 6.71. The van der Waals surface area contributed by atoms with Gasteiger partial charge >= 0.3 is 0 Å². The lowest BCUT2D eigenvalue weighted by atomic mass is 9.53. The van der Waals surface area contributed by atoms with Crippen molar-refractivity contribution in [1.82, 2.24) is 0 Å². The Morgan fingerprint density at radius 3 is 1.70 bits per heavy atom. The second kappa shape index (κ2) is 5.27. The van der Waals surface area contributed by atoms with Crippen LogP contribution in [0, 0.1) is 23.3 Å². The lowest BCUT2D eigenvalue weighted by molar-refractivity contribution is 0.381. The largest absolute Gasteiger partial charge is 0.203 e. The molecule has 0 radical (unpaired) electrons. The van der Waals surface area contributed by atoms with Gasteiger partial charge in [0.15, 0.2) is 23.3 Å². The normalized spacial score (nSPS) is 21.7. The van der Waals surface area contributed by atoms with Crippen molar-refractivity contribution in [1.29, 1.82) is 0 Å². The molecule has 0 aromatic heterocycles. The van der Waals surface area contributed by atoms with Gasteiger partial charge in [0.05, 0.1) is 0 Å². The second-order valence-corrected chi connectivity index (χ2v) is 7.83. The molecule has 0 saturated carbocycles. The topological polar surface area (TPSA) is 0 Å². The fourth-order valence-electron chi connectivity index (χ4n) is 4.88. The molecule has 136 valence electrons. The average Bonchev–Trinajstić information content (AvgIpc) is 2.64. The summed E-state index contributed by atoms with van der Waals surface area (Å²) in [4.78, 5) is 0. The molecule has 6 rings (SSSR count). The Hall–Kier alpha value is -2.04. The zero-order valence-corrected chi connectivity index (χ0v) is 15.3. The van der Waals surface area contributed by atoms with Crippen LogP contribution in [-0.2, 0) is 5.41 Å². The molecule has 6 heteroatoms. The summed E-state index contributed by atoms with van der Waals surface area (Å²) >= 11 is 12.9. The maximum absolute atomic E-state index is 15.0. The van der Waals surface area contributed by atoms with Crippen LogP contribution in [0.2, 0.25) is 10.0 Å². The highest BCUT2D eigenvalue weighted by atomic mass is 35.5. The Morgan fingerprint density at radius 1 is 0.704 bits per heavy atom. The van der Waals surface area contributed by atoms with Gasteiger partial charge in [0, 0.05) is 32.5 Å². The first-order valence-electron chi connectivity index (χ1n) is 8.24. The van der Waals surface area contributed by atoms with Crippen molar-refractivity contribution in [2.75, 3.05) is 0 Å². The maximum atomic E-state index is 15.0. The molecule has 0 unspecified atom stereocenters. The van der Waals surface area contributed by atoms with Crippen LogP contribution in [0.1, 0.15) is 46.2 Å². The van der Waals surface area contributed by atoms with Crippen molar-refractivity contribution in [3.8, 4) is 0 Å². The summed E-state index contributed by atoms with van der Waals surface area (Å²) in [5.41, 5.74) is 0.546. The Balaban J connectivity index is 2.07. The number of hydrogen-bond acceptors (Lipinski definition) is 0. The van der Waals surface area contributed by atoms with Gasteiger partial charge in [-0.25, -0.2) is 17.6 Å². The van der Waals surface area contributed by atoms with Gasteiger partial charge < -0.3 is 0 Å². The maximum Gasteiger partial charge on any atom is 0.197 e. The molecule has 3 aromatic carbocycles. The highest BCUT2D eigenvalue weighted by molar-refractivity contribution is 6.33. The highest BCUT2D eigenvalue weighted by Crippen LogP contribution is 2.62. The number of benzene rings is 3. The number of rotatable bonds is 0. The number of hydrogen-bond donors (Lipinski definition) is 0. The van der Waals surface area contributed by atoms with Crippen molar-refractivity contribution in [3.63, 3.8) is 0 Å². The molecule has 0 amide bonds. The van der Waals surface area contributed by atoms with Gasteiger partial charge in [-0.05, 0) is 41.3 Å². The smallest absolute Gasteiger partial charge is 0.197 e. The van der Waals surface area contributed by atoms with E-state index in [1.165, 1.54) is 0 Å². The third kappa shape index (κ3) is 1.81. The Kier molecular flexibility index (Phi) is 3.33. The minimum Gasteiger partial charge on any atom is -0.203 e. The summed E-state index contributed by atoms with van der Waals surface area (Å²) in [6.07, 6.45) is 0. The minimum absolute atomic E-state index is 0.196. The molecule has 0 saturated heterocycles. The minimum atomic E-state index is -1.83. The molecule has 0 N–H and O–H groups in total. The molecule has 3 aromatic rings. The molecule has 0 heterocycles. The zero-order chi connectivity index (χ0) is 19.2. The van der Waals surface area contributed by atoms with Crippen LogP contribution in [0.4, 0.5) is 17.6 Å². The third-order valence-corrected chi connectivity index (χ3v) is 6.44. The Labute approximate surface area is 162 Å². The summed E-state index contributed by atoms with van der Waals surface area (Å²) in [7, 11) is 0. The van der Waals surface area contributed by atoms with E-state index in [0.29, 0.717) is 32.3 Å². The summed E-state index contributed by atoms with van der Waals surface area (Å²) < 4.78 is 58.2.